The second-order valence-corrected chi connectivity index (χ2v) is 6.03. The molecule has 2 rings (SSSR count). The van der Waals surface area contributed by atoms with Gasteiger partial charge in [0.05, 0.1) is 25.5 Å². The highest BCUT2D eigenvalue weighted by Gasteiger charge is 2.15. The van der Waals surface area contributed by atoms with Gasteiger partial charge in [-0.25, -0.2) is 5.43 Å². The largest absolute Gasteiger partial charge is 0.493 e. The molecule has 0 spiro atoms. The molecule has 0 aliphatic rings. The molecule has 1 unspecified atom stereocenters. The quantitative estimate of drug-likeness (QED) is 0.568. The van der Waals surface area contributed by atoms with Crippen LogP contribution in [0.1, 0.15) is 12.5 Å². The van der Waals surface area contributed by atoms with Gasteiger partial charge in [0.25, 0.3) is 5.91 Å². The van der Waals surface area contributed by atoms with E-state index in [2.05, 4.69) is 10.5 Å². The van der Waals surface area contributed by atoms with Gasteiger partial charge >= 0.3 is 0 Å². The number of halogens is 2. The summed E-state index contributed by atoms with van der Waals surface area (Å²) in [5.41, 5.74) is 3.15. The lowest BCUT2D eigenvalue weighted by atomic mass is 10.2. The number of amides is 1. The number of hydrogen-bond donors (Lipinski definition) is 1. The predicted octanol–water partition coefficient (Wildman–Crippen LogP) is 3.93. The van der Waals surface area contributed by atoms with Crippen LogP contribution in [0.15, 0.2) is 41.5 Å². The van der Waals surface area contributed by atoms with E-state index in [1.165, 1.54) is 12.3 Å². The Kier molecular flexibility index (Phi) is 7.12. The van der Waals surface area contributed by atoms with Crippen molar-refractivity contribution in [3.63, 3.8) is 0 Å². The van der Waals surface area contributed by atoms with Gasteiger partial charge in [0, 0.05) is 5.02 Å². The smallest absolute Gasteiger partial charge is 0.280 e. The average molecular weight is 397 g/mol. The summed E-state index contributed by atoms with van der Waals surface area (Å²) in [4.78, 5) is 12.1. The Labute approximate surface area is 161 Å². The Bertz CT molecular complexity index is 812. The molecular formula is C18H18Cl2N2O4. The molecule has 0 saturated carbocycles. The highest BCUT2D eigenvalue weighted by atomic mass is 35.5. The standard InChI is InChI=1S/C18H18Cl2N2O4/c1-11(26-15-7-5-13(19)9-14(15)20)18(23)22-21-10-12-4-6-16(24-2)17(8-12)25-3/h4-11H,1-3H3,(H,22,23)/b21-10+. The van der Waals surface area contributed by atoms with Crippen molar-refractivity contribution >= 4 is 35.3 Å². The number of carbonyl (C=O) groups is 1. The first-order chi connectivity index (χ1) is 12.4. The molecule has 1 amide bonds. The third-order valence-corrected chi connectivity index (χ3v) is 3.89. The fourth-order valence-electron chi connectivity index (χ4n) is 2.01. The van der Waals surface area contributed by atoms with Crippen molar-refractivity contribution < 1.29 is 19.0 Å². The molecule has 138 valence electrons. The maximum absolute atomic E-state index is 12.1. The van der Waals surface area contributed by atoms with Gasteiger partial charge in [0.1, 0.15) is 5.75 Å². The summed E-state index contributed by atoms with van der Waals surface area (Å²) in [5, 5.41) is 4.73. The number of rotatable bonds is 7. The van der Waals surface area contributed by atoms with Crippen LogP contribution in [0.4, 0.5) is 0 Å². The normalized spacial score (nSPS) is 11.9. The van der Waals surface area contributed by atoms with E-state index in [1.807, 2.05) is 0 Å². The molecule has 0 heterocycles. The lowest BCUT2D eigenvalue weighted by molar-refractivity contribution is -0.127. The molecule has 0 fully saturated rings. The highest BCUT2D eigenvalue weighted by molar-refractivity contribution is 6.35. The number of hydrazone groups is 1. The van der Waals surface area contributed by atoms with E-state index in [4.69, 9.17) is 37.4 Å². The second kappa shape index (κ2) is 9.31. The van der Waals surface area contributed by atoms with Crippen LogP contribution in [0.5, 0.6) is 17.2 Å². The van der Waals surface area contributed by atoms with E-state index >= 15 is 0 Å². The Balaban J connectivity index is 1.95. The first-order valence-corrected chi connectivity index (χ1v) is 8.37. The average Bonchev–Trinajstić information content (AvgIpc) is 2.63. The Morgan fingerprint density at radius 1 is 1.08 bits per heavy atom. The molecule has 8 heteroatoms. The molecule has 26 heavy (non-hydrogen) atoms. The van der Waals surface area contributed by atoms with Crippen LogP contribution >= 0.6 is 23.2 Å². The van der Waals surface area contributed by atoms with Crippen molar-refractivity contribution in [1.82, 2.24) is 5.43 Å². The van der Waals surface area contributed by atoms with Crippen molar-refractivity contribution in [1.29, 1.82) is 0 Å². The monoisotopic (exact) mass is 396 g/mol. The van der Waals surface area contributed by atoms with Gasteiger partial charge < -0.3 is 14.2 Å². The minimum atomic E-state index is -0.795. The third-order valence-electron chi connectivity index (χ3n) is 3.36. The molecule has 0 aliphatic heterocycles. The van der Waals surface area contributed by atoms with Gasteiger partial charge in [-0.05, 0) is 48.9 Å². The molecule has 0 aliphatic carbocycles. The summed E-state index contributed by atoms with van der Waals surface area (Å²) in [7, 11) is 3.10. The molecule has 0 aromatic heterocycles. The van der Waals surface area contributed by atoms with Crippen LogP contribution in [0, 0.1) is 0 Å². The van der Waals surface area contributed by atoms with E-state index in [0.29, 0.717) is 27.3 Å². The minimum Gasteiger partial charge on any atom is -0.493 e. The summed E-state index contributed by atoms with van der Waals surface area (Å²) in [6, 6.07) is 10.0. The molecular weight excluding hydrogens is 379 g/mol. The predicted molar refractivity (Wildman–Crippen MR) is 102 cm³/mol. The Morgan fingerprint density at radius 2 is 1.77 bits per heavy atom. The van der Waals surface area contributed by atoms with Gasteiger partial charge in [-0.15, -0.1) is 0 Å². The van der Waals surface area contributed by atoms with Crippen molar-refractivity contribution in [3.8, 4) is 17.2 Å². The zero-order valence-corrected chi connectivity index (χ0v) is 16.0. The van der Waals surface area contributed by atoms with Crippen LogP contribution in [0.3, 0.4) is 0 Å². The lowest BCUT2D eigenvalue weighted by Gasteiger charge is -2.14. The number of ether oxygens (including phenoxy) is 3. The molecule has 0 bridgehead atoms. The molecule has 1 N–H and O–H groups in total. The van der Waals surface area contributed by atoms with Crippen LogP contribution in [0.2, 0.25) is 10.0 Å². The van der Waals surface area contributed by atoms with Crippen LogP contribution in [0.25, 0.3) is 0 Å². The van der Waals surface area contributed by atoms with Gasteiger partial charge in [-0.1, -0.05) is 23.2 Å². The second-order valence-electron chi connectivity index (χ2n) is 5.18. The fraction of sp³-hybridized carbons (Fsp3) is 0.222. The fourth-order valence-corrected chi connectivity index (χ4v) is 2.46. The molecule has 0 saturated heterocycles. The number of benzene rings is 2. The summed E-state index contributed by atoms with van der Waals surface area (Å²) < 4.78 is 15.9. The van der Waals surface area contributed by atoms with Gasteiger partial charge in [-0.2, -0.15) is 5.10 Å². The van der Waals surface area contributed by atoms with E-state index < -0.39 is 12.0 Å². The van der Waals surface area contributed by atoms with Gasteiger partial charge in [0.15, 0.2) is 17.6 Å². The highest BCUT2D eigenvalue weighted by Crippen LogP contribution is 2.28. The van der Waals surface area contributed by atoms with E-state index in [0.717, 1.165) is 5.56 Å². The van der Waals surface area contributed by atoms with Crippen LogP contribution < -0.4 is 19.6 Å². The van der Waals surface area contributed by atoms with E-state index in [1.54, 1.807) is 51.5 Å². The molecule has 1 atom stereocenters. The number of carbonyl (C=O) groups excluding carboxylic acids is 1. The SMILES string of the molecule is COc1ccc(/C=N/NC(=O)C(C)Oc2ccc(Cl)cc2Cl)cc1OC. The van der Waals surface area contributed by atoms with Crippen molar-refractivity contribution in [2.24, 2.45) is 5.10 Å². The summed E-state index contributed by atoms with van der Waals surface area (Å²) in [5.74, 6) is 1.11. The van der Waals surface area contributed by atoms with Crippen molar-refractivity contribution in [3.05, 3.63) is 52.0 Å². The first-order valence-electron chi connectivity index (χ1n) is 7.61. The summed E-state index contributed by atoms with van der Waals surface area (Å²) in [6.45, 7) is 1.59. The Hall–Kier alpha value is -2.44. The molecule has 2 aromatic carbocycles. The van der Waals surface area contributed by atoms with Gasteiger partial charge in [0.2, 0.25) is 0 Å². The molecule has 0 radical (unpaired) electrons. The van der Waals surface area contributed by atoms with E-state index in [-0.39, 0.29) is 0 Å². The van der Waals surface area contributed by atoms with Crippen LogP contribution in [-0.2, 0) is 4.79 Å². The topological polar surface area (TPSA) is 69.2 Å². The number of methoxy groups -OCH3 is 2. The lowest BCUT2D eigenvalue weighted by Crippen LogP contribution is -2.33. The number of nitrogens with zero attached hydrogens (tertiary/aromatic N) is 1. The van der Waals surface area contributed by atoms with Crippen molar-refractivity contribution in [2.45, 2.75) is 13.0 Å². The number of nitrogens with one attached hydrogen (secondary N) is 1. The van der Waals surface area contributed by atoms with Gasteiger partial charge in [-0.3, -0.25) is 4.79 Å². The maximum Gasteiger partial charge on any atom is 0.280 e. The summed E-state index contributed by atoms with van der Waals surface area (Å²) >= 11 is 11.9. The zero-order valence-electron chi connectivity index (χ0n) is 14.5. The molecule has 2 aromatic rings. The van der Waals surface area contributed by atoms with Crippen LogP contribution in [-0.4, -0.2) is 32.4 Å². The third kappa shape index (κ3) is 5.28. The maximum atomic E-state index is 12.1. The Morgan fingerprint density at radius 3 is 2.42 bits per heavy atom. The minimum absolute atomic E-state index is 0.325. The number of hydrogen-bond acceptors (Lipinski definition) is 5. The molecule has 6 nitrogen and oxygen atoms in total. The first kappa shape index (κ1) is 19.9. The summed E-state index contributed by atoms with van der Waals surface area (Å²) in [6.07, 6.45) is 0.693. The zero-order chi connectivity index (χ0) is 19.1. The van der Waals surface area contributed by atoms with E-state index in [9.17, 15) is 4.79 Å². The van der Waals surface area contributed by atoms with Crippen molar-refractivity contribution in [2.75, 3.05) is 14.2 Å².